The Hall–Kier alpha value is -3.20. The van der Waals surface area contributed by atoms with Gasteiger partial charge in [-0.05, 0) is 24.3 Å². The molecule has 0 saturated carbocycles. The number of para-hydroxylation sites is 1. The summed E-state index contributed by atoms with van der Waals surface area (Å²) in [7, 11) is 3.12. The van der Waals surface area contributed by atoms with Crippen molar-refractivity contribution in [2.24, 2.45) is 0 Å². The summed E-state index contributed by atoms with van der Waals surface area (Å²) in [6, 6.07) is 14.1. The number of carbonyl (C=O) groups excluding carboxylic acids is 1. The summed E-state index contributed by atoms with van der Waals surface area (Å²) >= 11 is 0. The largest absolute Gasteiger partial charge is 0.497 e. The zero-order valence-electron chi connectivity index (χ0n) is 12.9. The molecular weight excluding hydrogens is 294 g/mol. The lowest BCUT2D eigenvalue weighted by molar-refractivity contribution is -0.114. The molecule has 1 amide bonds. The average molecular weight is 311 g/mol. The van der Waals surface area contributed by atoms with Crippen molar-refractivity contribution in [3.05, 3.63) is 48.0 Å². The van der Waals surface area contributed by atoms with Crippen LogP contribution in [-0.4, -0.2) is 26.7 Å². The average Bonchev–Trinajstić information content (AvgIpc) is 2.60. The van der Waals surface area contributed by atoms with Crippen molar-refractivity contribution < 1.29 is 14.3 Å². The van der Waals surface area contributed by atoms with Gasteiger partial charge in [0, 0.05) is 6.07 Å². The fourth-order valence-electron chi connectivity index (χ4n) is 2.00. The van der Waals surface area contributed by atoms with E-state index in [4.69, 9.17) is 14.7 Å². The summed E-state index contributed by atoms with van der Waals surface area (Å²) in [6.07, 6.45) is 0. The molecule has 0 atom stereocenters. The van der Waals surface area contributed by atoms with E-state index in [0.29, 0.717) is 28.4 Å². The van der Waals surface area contributed by atoms with Crippen LogP contribution in [0.4, 0.5) is 11.4 Å². The highest BCUT2D eigenvalue weighted by Crippen LogP contribution is 2.28. The number of amides is 1. The first-order valence-electron chi connectivity index (χ1n) is 6.92. The van der Waals surface area contributed by atoms with E-state index >= 15 is 0 Å². The van der Waals surface area contributed by atoms with Gasteiger partial charge < -0.3 is 20.1 Å². The molecule has 2 rings (SSSR count). The zero-order valence-corrected chi connectivity index (χ0v) is 12.9. The first-order valence-corrected chi connectivity index (χ1v) is 6.92. The van der Waals surface area contributed by atoms with Crippen molar-refractivity contribution in [1.29, 1.82) is 5.26 Å². The van der Waals surface area contributed by atoms with Crippen LogP contribution in [-0.2, 0) is 4.79 Å². The highest BCUT2D eigenvalue weighted by molar-refractivity contribution is 5.95. The number of nitrogens with one attached hydrogen (secondary N) is 2. The van der Waals surface area contributed by atoms with Gasteiger partial charge in [0.05, 0.1) is 37.7 Å². The second kappa shape index (κ2) is 7.71. The Morgan fingerprint density at radius 2 is 1.91 bits per heavy atom. The van der Waals surface area contributed by atoms with Crippen LogP contribution in [0.2, 0.25) is 0 Å². The third-order valence-electron chi connectivity index (χ3n) is 3.17. The summed E-state index contributed by atoms with van der Waals surface area (Å²) in [5.41, 5.74) is 1.59. The van der Waals surface area contributed by atoms with E-state index in [0.717, 1.165) is 0 Å². The van der Waals surface area contributed by atoms with Crippen molar-refractivity contribution in [2.45, 2.75) is 0 Å². The van der Waals surface area contributed by atoms with Crippen molar-refractivity contribution in [3.63, 3.8) is 0 Å². The smallest absolute Gasteiger partial charge is 0.243 e. The fourth-order valence-corrected chi connectivity index (χ4v) is 2.00. The maximum atomic E-state index is 12.0. The van der Waals surface area contributed by atoms with Gasteiger partial charge in [-0.1, -0.05) is 12.1 Å². The lowest BCUT2D eigenvalue weighted by atomic mass is 10.2. The molecule has 6 heteroatoms. The Kier molecular flexibility index (Phi) is 5.42. The van der Waals surface area contributed by atoms with Gasteiger partial charge >= 0.3 is 0 Å². The normalized spacial score (nSPS) is 9.61. The standard InChI is InChI=1S/C17H17N3O3/c1-22-13-7-8-15(16(9-13)23-2)19-11-17(21)20-14-6-4-3-5-12(14)10-18/h3-9,19H,11H2,1-2H3,(H,20,21). The second-order valence-electron chi connectivity index (χ2n) is 4.63. The first kappa shape index (κ1) is 16.2. The Labute approximate surface area is 134 Å². The van der Waals surface area contributed by atoms with Gasteiger partial charge in [0.25, 0.3) is 0 Å². The highest BCUT2D eigenvalue weighted by atomic mass is 16.5. The van der Waals surface area contributed by atoms with Gasteiger partial charge in [-0.25, -0.2) is 0 Å². The third-order valence-corrected chi connectivity index (χ3v) is 3.17. The number of hydrogen-bond acceptors (Lipinski definition) is 5. The molecule has 0 fully saturated rings. The predicted molar refractivity (Wildman–Crippen MR) is 87.8 cm³/mol. The Balaban J connectivity index is 2.01. The van der Waals surface area contributed by atoms with Gasteiger partial charge in [0.1, 0.15) is 17.6 Å². The fraction of sp³-hybridized carbons (Fsp3) is 0.176. The zero-order chi connectivity index (χ0) is 16.7. The molecule has 0 heterocycles. The molecule has 2 aromatic carbocycles. The van der Waals surface area contributed by atoms with Crippen molar-refractivity contribution >= 4 is 17.3 Å². The highest BCUT2D eigenvalue weighted by Gasteiger charge is 2.09. The van der Waals surface area contributed by atoms with E-state index < -0.39 is 0 Å². The van der Waals surface area contributed by atoms with E-state index in [1.807, 2.05) is 6.07 Å². The van der Waals surface area contributed by atoms with Crippen molar-refractivity contribution in [3.8, 4) is 17.6 Å². The molecule has 0 aliphatic rings. The van der Waals surface area contributed by atoms with Gasteiger partial charge in [-0.3, -0.25) is 4.79 Å². The van der Waals surface area contributed by atoms with Crippen LogP contribution in [0.25, 0.3) is 0 Å². The molecule has 118 valence electrons. The van der Waals surface area contributed by atoms with Crippen LogP contribution in [0.15, 0.2) is 42.5 Å². The molecule has 23 heavy (non-hydrogen) atoms. The molecule has 0 aliphatic carbocycles. The number of carbonyl (C=O) groups is 1. The third kappa shape index (κ3) is 4.14. The molecule has 0 aliphatic heterocycles. The minimum Gasteiger partial charge on any atom is -0.497 e. The van der Waals surface area contributed by atoms with E-state index in [2.05, 4.69) is 10.6 Å². The molecule has 6 nitrogen and oxygen atoms in total. The van der Waals surface area contributed by atoms with Gasteiger partial charge in [-0.2, -0.15) is 5.26 Å². The molecule has 0 spiro atoms. The molecule has 0 bridgehead atoms. The lowest BCUT2D eigenvalue weighted by Gasteiger charge is -2.13. The second-order valence-corrected chi connectivity index (χ2v) is 4.63. The number of nitriles is 1. The predicted octanol–water partition coefficient (Wildman–Crippen LogP) is 2.63. The number of ether oxygens (including phenoxy) is 2. The van der Waals surface area contributed by atoms with Crippen LogP contribution < -0.4 is 20.1 Å². The van der Waals surface area contributed by atoms with Crippen molar-refractivity contribution in [2.75, 3.05) is 31.4 Å². The molecule has 2 aromatic rings. The first-order chi connectivity index (χ1) is 11.2. The number of hydrogen-bond donors (Lipinski definition) is 2. The lowest BCUT2D eigenvalue weighted by Crippen LogP contribution is -2.22. The molecule has 0 aromatic heterocycles. The van der Waals surface area contributed by atoms with Gasteiger partial charge in [0.15, 0.2) is 0 Å². The van der Waals surface area contributed by atoms with Crippen LogP contribution in [0.1, 0.15) is 5.56 Å². The minimum atomic E-state index is -0.259. The van der Waals surface area contributed by atoms with Crippen LogP contribution in [0.3, 0.4) is 0 Å². The quantitative estimate of drug-likeness (QED) is 0.857. The summed E-state index contributed by atoms with van der Waals surface area (Å²) in [6.45, 7) is 0.0441. The number of rotatable bonds is 6. The molecular formula is C17H17N3O3. The van der Waals surface area contributed by atoms with Crippen molar-refractivity contribution in [1.82, 2.24) is 0 Å². The van der Waals surface area contributed by atoms with E-state index in [9.17, 15) is 4.79 Å². The Morgan fingerprint density at radius 3 is 2.61 bits per heavy atom. The van der Waals surface area contributed by atoms with Crippen LogP contribution >= 0.6 is 0 Å². The Morgan fingerprint density at radius 1 is 1.13 bits per heavy atom. The number of anilines is 2. The van der Waals surface area contributed by atoms with Gasteiger partial charge in [-0.15, -0.1) is 0 Å². The van der Waals surface area contributed by atoms with E-state index in [1.54, 1.807) is 56.7 Å². The summed E-state index contributed by atoms with van der Waals surface area (Å²) in [5.74, 6) is 0.986. The van der Waals surface area contributed by atoms with E-state index in [-0.39, 0.29) is 12.5 Å². The number of benzene rings is 2. The number of methoxy groups -OCH3 is 2. The minimum absolute atomic E-state index is 0.0441. The molecule has 0 radical (unpaired) electrons. The Bertz CT molecular complexity index is 738. The van der Waals surface area contributed by atoms with Crippen LogP contribution in [0.5, 0.6) is 11.5 Å². The van der Waals surface area contributed by atoms with Crippen LogP contribution in [0, 0.1) is 11.3 Å². The van der Waals surface area contributed by atoms with E-state index in [1.165, 1.54) is 0 Å². The molecule has 0 unspecified atom stereocenters. The summed E-state index contributed by atoms with van der Waals surface area (Å²) < 4.78 is 10.4. The molecule has 2 N–H and O–H groups in total. The summed E-state index contributed by atoms with van der Waals surface area (Å²) in [4.78, 5) is 12.0. The SMILES string of the molecule is COc1ccc(NCC(=O)Nc2ccccc2C#N)c(OC)c1. The topological polar surface area (TPSA) is 83.4 Å². The summed E-state index contributed by atoms with van der Waals surface area (Å²) in [5, 5.41) is 14.7. The maximum absolute atomic E-state index is 12.0. The van der Waals surface area contributed by atoms with Gasteiger partial charge in [0.2, 0.25) is 5.91 Å². The monoisotopic (exact) mass is 311 g/mol. The molecule has 0 saturated heterocycles. The number of nitrogens with zero attached hydrogens (tertiary/aromatic N) is 1. The maximum Gasteiger partial charge on any atom is 0.243 e.